The SMILES string of the molecule is CCc1ccc(C(C)CC(=O)NCCCNC)cc1.Cl. The zero-order valence-electron chi connectivity index (χ0n) is 12.7. The Balaban J connectivity index is 0.00000361. The van der Waals surface area contributed by atoms with Gasteiger partial charge in [-0.1, -0.05) is 38.1 Å². The molecule has 0 bridgehead atoms. The Morgan fingerprint density at radius 3 is 2.40 bits per heavy atom. The Bertz CT molecular complexity index is 379. The number of hydrogen-bond acceptors (Lipinski definition) is 2. The molecule has 4 heteroatoms. The first-order valence-electron chi connectivity index (χ1n) is 7.17. The first-order chi connectivity index (χ1) is 9.17. The molecule has 0 spiro atoms. The van der Waals surface area contributed by atoms with Crippen LogP contribution in [0, 0.1) is 0 Å². The highest BCUT2D eigenvalue weighted by Gasteiger charge is 2.10. The van der Waals surface area contributed by atoms with Gasteiger partial charge in [-0.05, 0) is 43.5 Å². The van der Waals surface area contributed by atoms with Crippen molar-refractivity contribution in [2.75, 3.05) is 20.1 Å². The zero-order chi connectivity index (χ0) is 14.1. The molecule has 2 N–H and O–H groups in total. The number of aryl methyl sites for hydroxylation is 1. The maximum Gasteiger partial charge on any atom is 0.220 e. The number of benzene rings is 1. The molecule has 3 nitrogen and oxygen atoms in total. The van der Waals surface area contributed by atoms with Crippen LogP contribution < -0.4 is 10.6 Å². The second-order valence-corrected chi connectivity index (χ2v) is 5.01. The van der Waals surface area contributed by atoms with E-state index >= 15 is 0 Å². The van der Waals surface area contributed by atoms with Crippen LogP contribution in [0.25, 0.3) is 0 Å². The molecule has 0 saturated carbocycles. The Labute approximate surface area is 128 Å². The van der Waals surface area contributed by atoms with E-state index in [1.165, 1.54) is 11.1 Å². The summed E-state index contributed by atoms with van der Waals surface area (Å²) in [6, 6.07) is 8.57. The average molecular weight is 299 g/mol. The lowest BCUT2D eigenvalue weighted by molar-refractivity contribution is -0.121. The zero-order valence-corrected chi connectivity index (χ0v) is 13.6. The summed E-state index contributed by atoms with van der Waals surface area (Å²) in [5, 5.41) is 6.03. The van der Waals surface area contributed by atoms with E-state index in [9.17, 15) is 4.79 Å². The molecule has 1 amide bonds. The van der Waals surface area contributed by atoms with E-state index in [0.717, 1.165) is 25.9 Å². The molecule has 20 heavy (non-hydrogen) atoms. The summed E-state index contributed by atoms with van der Waals surface area (Å²) in [6.45, 7) is 5.95. The highest BCUT2D eigenvalue weighted by molar-refractivity contribution is 5.85. The largest absolute Gasteiger partial charge is 0.356 e. The van der Waals surface area contributed by atoms with Gasteiger partial charge >= 0.3 is 0 Å². The van der Waals surface area contributed by atoms with Crippen molar-refractivity contribution in [2.45, 2.75) is 39.0 Å². The van der Waals surface area contributed by atoms with Gasteiger partial charge in [0, 0.05) is 13.0 Å². The molecule has 1 aromatic carbocycles. The predicted molar refractivity (Wildman–Crippen MR) is 87.7 cm³/mol. The maximum absolute atomic E-state index is 11.8. The first-order valence-corrected chi connectivity index (χ1v) is 7.17. The van der Waals surface area contributed by atoms with Crippen LogP contribution in [0.2, 0.25) is 0 Å². The van der Waals surface area contributed by atoms with E-state index in [2.05, 4.69) is 48.7 Å². The minimum absolute atomic E-state index is 0. The second kappa shape index (κ2) is 10.7. The molecule has 1 atom stereocenters. The van der Waals surface area contributed by atoms with Gasteiger partial charge in [-0.15, -0.1) is 12.4 Å². The number of carbonyl (C=O) groups excluding carboxylic acids is 1. The van der Waals surface area contributed by atoms with Crippen LogP contribution in [0.15, 0.2) is 24.3 Å². The predicted octanol–water partition coefficient (Wildman–Crippen LogP) is 2.89. The fourth-order valence-corrected chi connectivity index (χ4v) is 2.04. The Hall–Kier alpha value is -1.06. The molecule has 114 valence electrons. The normalized spacial score (nSPS) is 11.6. The number of rotatable bonds is 8. The highest BCUT2D eigenvalue weighted by atomic mass is 35.5. The van der Waals surface area contributed by atoms with Crippen LogP contribution in [-0.2, 0) is 11.2 Å². The van der Waals surface area contributed by atoms with Crippen molar-refractivity contribution in [3.63, 3.8) is 0 Å². The number of amides is 1. The topological polar surface area (TPSA) is 41.1 Å². The summed E-state index contributed by atoms with van der Waals surface area (Å²) in [5.41, 5.74) is 2.58. The summed E-state index contributed by atoms with van der Waals surface area (Å²) in [5.74, 6) is 0.415. The van der Waals surface area contributed by atoms with Gasteiger partial charge in [-0.25, -0.2) is 0 Å². The van der Waals surface area contributed by atoms with E-state index in [4.69, 9.17) is 0 Å². The van der Waals surface area contributed by atoms with Crippen molar-refractivity contribution in [2.24, 2.45) is 0 Å². The first kappa shape index (κ1) is 18.9. The Morgan fingerprint density at radius 2 is 1.85 bits per heavy atom. The molecule has 1 unspecified atom stereocenters. The lowest BCUT2D eigenvalue weighted by atomic mass is 9.96. The quantitative estimate of drug-likeness (QED) is 0.725. The molecule has 0 aliphatic carbocycles. The Kier molecular flexibility index (Phi) is 10.1. The fourth-order valence-electron chi connectivity index (χ4n) is 2.04. The minimum atomic E-state index is 0. The van der Waals surface area contributed by atoms with E-state index in [1.54, 1.807) is 0 Å². The van der Waals surface area contributed by atoms with Crippen molar-refractivity contribution in [3.05, 3.63) is 35.4 Å². The lowest BCUT2D eigenvalue weighted by Gasteiger charge is -2.12. The molecule has 0 fully saturated rings. The summed E-state index contributed by atoms with van der Waals surface area (Å²) in [7, 11) is 1.92. The van der Waals surface area contributed by atoms with Gasteiger partial charge in [0.2, 0.25) is 5.91 Å². The molecule has 1 aromatic rings. The van der Waals surface area contributed by atoms with Gasteiger partial charge < -0.3 is 10.6 Å². The van der Waals surface area contributed by atoms with E-state index in [-0.39, 0.29) is 24.2 Å². The molecule has 0 aliphatic heterocycles. The minimum Gasteiger partial charge on any atom is -0.356 e. The monoisotopic (exact) mass is 298 g/mol. The number of nitrogens with one attached hydrogen (secondary N) is 2. The van der Waals surface area contributed by atoms with Crippen LogP contribution in [0.1, 0.15) is 43.7 Å². The fraction of sp³-hybridized carbons (Fsp3) is 0.562. The summed E-state index contributed by atoms with van der Waals surface area (Å²) < 4.78 is 0. The summed E-state index contributed by atoms with van der Waals surface area (Å²) in [4.78, 5) is 11.8. The summed E-state index contributed by atoms with van der Waals surface area (Å²) in [6.07, 6.45) is 2.59. The van der Waals surface area contributed by atoms with E-state index in [1.807, 2.05) is 7.05 Å². The van der Waals surface area contributed by atoms with E-state index < -0.39 is 0 Å². The van der Waals surface area contributed by atoms with Gasteiger partial charge in [0.05, 0.1) is 0 Å². The van der Waals surface area contributed by atoms with Crippen molar-refractivity contribution in [1.29, 1.82) is 0 Å². The van der Waals surface area contributed by atoms with Crippen LogP contribution >= 0.6 is 12.4 Å². The van der Waals surface area contributed by atoms with Crippen molar-refractivity contribution < 1.29 is 4.79 Å². The molecule has 1 rings (SSSR count). The van der Waals surface area contributed by atoms with Gasteiger partial charge in [-0.3, -0.25) is 4.79 Å². The van der Waals surface area contributed by atoms with Crippen LogP contribution in [-0.4, -0.2) is 26.0 Å². The third kappa shape index (κ3) is 6.92. The molecule has 0 aliphatic rings. The molecule has 0 radical (unpaired) electrons. The molecule has 0 heterocycles. The average Bonchev–Trinajstić information content (AvgIpc) is 2.43. The molecular formula is C16H27ClN2O. The van der Waals surface area contributed by atoms with Crippen LogP contribution in [0.4, 0.5) is 0 Å². The third-order valence-corrected chi connectivity index (χ3v) is 3.37. The van der Waals surface area contributed by atoms with Gasteiger partial charge in [0.1, 0.15) is 0 Å². The Morgan fingerprint density at radius 1 is 1.20 bits per heavy atom. The molecule has 0 saturated heterocycles. The lowest BCUT2D eigenvalue weighted by Crippen LogP contribution is -2.27. The van der Waals surface area contributed by atoms with Gasteiger partial charge in [0.15, 0.2) is 0 Å². The maximum atomic E-state index is 11.8. The number of carbonyl (C=O) groups is 1. The van der Waals surface area contributed by atoms with Crippen LogP contribution in [0.3, 0.4) is 0 Å². The second-order valence-electron chi connectivity index (χ2n) is 5.01. The standard InChI is InChI=1S/C16H26N2O.ClH/c1-4-14-6-8-15(9-7-14)13(2)12-16(19)18-11-5-10-17-3;/h6-9,13,17H,4-5,10-12H2,1-3H3,(H,18,19);1H. The van der Waals surface area contributed by atoms with Crippen molar-refractivity contribution >= 4 is 18.3 Å². The smallest absolute Gasteiger partial charge is 0.220 e. The highest BCUT2D eigenvalue weighted by Crippen LogP contribution is 2.19. The molecular weight excluding hydrogens is 272 g/mol. The molecule has 0 aromatic heterocycles. The van der Waals surface area contributed by atoms with Crippen molar-refractivity contribution in [1.82, 2.24) is 10.6 Å². The number of halogens is 1. The van der Waals surface area contributed by atoms with Gasteiger partial charge in [0.25, 0.3) is 0 Å². The van der Waals surface area contributed by atoms with E-state index in [0.29, 0.717) is 6.42 Å². The summed E-state index contributed by atoms with van der Waals surface area (Å²) >= 11 is 0. The van der Waals surface area contributed by atoms with Crippen LogP contribution in [0.5, 0.6) is 0 Å². The van der Waals surface area contributed by atoms with Crippen molar-refractivity contribution in [3.8, 4) is 0 Å². The third-order valence-electron chi connectivity index (χ3n) is 3.37. The van der Waals surface area contributed by atoms with Gasteiger partial charge in [-0.2, -0.15) is 0 Å². The number of hydrogen-bond donors (Lipinski definition) is 2.